The fourth-order valence-corrected chi connectivity index (χ4v) is 2.10. The van der Waals surface area contributed by atoms with Crippen molar-refractivity contribution in [2.45, 2.75) is 31.9 Å². The zero-order chi connectivity index (χ0) is 16.3. The molecule has 4 nitrogen and oxygen atoms in total. The molecule has 1 rings (SSSR count). The van der Waals surface area contributed by atoms with Gasteiger partial charge in [0.05, 0.1) is 17.6 Å². The highest BCUT2D eigenvalue weighted by atomic mass is 19.4. The van der Waals surface area contributed by atoms with Gasteiger partial charge in [0, 0.05) is 12.3 Å². The standard InChI is InChI=1S/C14H18F3NO3/c1-3-21-12(20)13(2,6-7-19)10-5-4-9(8-11(10)18)14(15,16)17/h4-5,8,19H,3,6-7,18H2,1-2H3. The van der Waals surface area contributed by atoms with Crippen molar-refractivity contribution in [2.24, 2.45) is 0 Å². The van der Waals surface area contributed by atoms with Crippen molar-refractivity contribution in [3.8, 4) is 0 Å². The van der Waals surface area contributed by atoms with Gasteiger partial charge in [-0.1, -0.05) is 6.07 Å². The molecular weight excluding hydrogens is 287 g/mol. The molecule has 21 heavy (non-hydrogen) atoms. The van der Waals surface area contributed by atoms with Gasteiger partial charge in [-0.3, -0.25) is 4.79 Å². The van der Waals surface area contributed by atoms with Crippen molar-refractivity contribution >= 4 is 11.7 Å². The summed E-state index contributed by atoms with van der Waals surface area (Å²) in [6.07, 6.45) is -4.51. The zero-order valence-corrected chi connectivity index (χ0v) is 11.8. The largest absolute Gasteiger partial charge is 0.465 e. The first kappa shape index (κ1) is 17.3. The van der Waals surface area contributed by atoms with Crippen molar-refractivity contribution in [1.29, 1.82) is 0 Å². The number of alkyl halides is 3. The molecule has 0 aliphatic heterocycles. The summed E-state index contributed by atoms with van der Waals surface area (Å²) in [6, 6.07) is 2.80. The fraction of sp³-hybridized carbons (Fsp3) is 0.500. The zero-order valence-electron chi connectivity index (χ0n) is 11.8. The maximum atomic E-state index is 12.6. The molecule has 3 N–H and O–H groups in total. The van der Waals surface area contributed by atoms with Crippen molar-refractivity contribution < 1.29 is 27.8 Å². The number of anilines is 1. The Morgan fingerprint density at radius 2 is 2.00 bits per heavy atom. The van der Waals surface area contributed by atoms with Crippen LogP contribution in [0.1, 0.15) is 31.4 Å². The minimum absolute atomic E-state index is 0.00139. The Morgan fingerprint density at radius 1 is 1.38 bits per heavy atom. The van der Waals surface area contributed by atoms with Crippen LogP contribution in [-0.4, -0.2) is 24.3 Å². The van der Waals surface area contributed by atoms with Crippen LogP contribution in [0, 0.1) is 0 Å². The van der Waals surface area contributed by atoms with Gasteiger partial charge in [0.1, 0.15) is 0 Å². The van der Waals surface area contributed by atoms with E-state index in [0.717, 1.165) is 18.2 Å². The van der Waals surface area contributed by atoms with E-state index in [0.29, 0.717) is 0 Å². The second kappa shape index (κ2) is 6.34. The Morgan fingerprint density at radius 3 is 2.43 bits per heavy atom. The lowest BCUT2D eigenvalue weighted by Crippen LogP contribution is -2.36. The van der Waals surface area contributed by atoms with Crippen LogP contribution in [0.5, 0.6) is 0 Å². The number of benzene rings is 1. The Hall–Kier alpha value is -1.76. The third-order valence-electron chi connectivity index (χ3n) is 3.31. The average molecular weight is 305 g/mol. The van der Waals surface area contributed by atoms with Crippen LogP contribution in [0.4, 0.5) is 18.9 Å². The highest BCUT2D eigenvalue weighted by molar-refractivity contribution is 5.85. The van der Waals surface area contributed by atoms with Gasteiger partial charge in [0.2, 0.25) is 0 Å². The Kier molecular flexibility index (Phi) is 5.22. The van der Waals surface area contributed by atoms with E-state index < -0.39 is 23.1 Å². The number of nitrogen functional groups attached to an aromatic ring is 1. The number of esters is 1. The van der Waals surface area contributed by atoms with E-state index in [4.69, 9.17) is 15.6 Å². The van der Waals surface area contributed by atoms with Gasteiger partial charge < -0.3 is 15.6 Å². The minimum Gasteiger partial charge on any atom is -0.465 e. The van der Waals surface area contributed by atoms with Gasteiger partial charge in [-0.15, -0.1) is 0 Å². The lowest BCUT2D eigenvalue weighted by Gasteiger charge is -2.28. The number of halogens is 3. The Balaban J connectivity index is 3.30. The van der Waals surface area contributed by atoms with Gasteiger partial charge in [0.25, 0.3) is 0 Å². The Bertz CT molecular complexity index is 517. The molecule has 0 saturated carbocycles. The van der Waals surface area contributed by atoms with Crippen molar-refractivity contribution in [3.63, 3.8) is 0 Å². The second-order valence-electron chi connectivity index (χ2n) is 4.83. The fourth-order valence-electron chi connectivity index (χ4n) is 2.10. The summed E-state index contributed by atoms with van der Waals surface area (Å²) in [6.45, 7) is 2.91. The number of hydrogen-bond donors (Lipinski definition) is 2. The molecule has 0 aliphatic carbocycles. The van der Waals surface area contributed by atoms with Crippen LogP contribution in [0.3, 0.4) is 0 Å². The molecule has 0 aliphatic rings. The summed E-state index contributed by atoms with van der Waals surface area (Å²) in [5.41, 5.74) is 3.55. The summed E-state index contributed by atoms with van der Waals surface area (Å²) in [5, 5.41) is 9.13. The molecule has 0 heterocycles. The Labute approximate surface area is 120 Å². The summed E-state index contributed by atoms with van der Waals surface area (Å²) >= 11 is 0. The average Bonchev–Trinajstić information content (AvgIpc) is 2.37. The van der Waals surface area contributed by atoms with E-state index in [1.165, 1.54) is 6.92 Å². The van der Waals surface area contributed by atoms with Crippen LogP contribution in [0.25, 0.3) is 0 Å². The number of carbonyl (C=O) groups is 1. The van der Waals surface area contributed by atoms with Gasteiger partial charge in [-0.25, -0.2) is 0 Å². The van der Waals surface area contributed by atoms with Gasteiger partial charge in [0.15, 0.2) is 0 Å². The SMILES string of the molecule is CCOC(=O)C(C)(CCO)c1ccc(C(F)(F)F)cc1N. The predicted molar refractivity (Wildman–Crippen MR) is 71.5 cm³/mol. The van der Waals surface area contributed by atoms with E-state index in [1.807, 2.05) is 0 Å². The molecular formula is C14H18F3NO3. The summed E-state index contributed by atoms with van der Waals surface area (Å²) in [5.74, 6) is -0.634. The molecule has 0 amide bonds. The number of aliphatic hydroxyl groups is 1. The molecule has 0 bridgehead atoms. The molecule has 1 unspecified atom stereocenters. The summed E-state index contributed by atoms with van der Waals surface area (Å²) in [4.78, 5) is 12.1. The lowest BCUT2D eigenvalue weighted by atomic mass is 9.78. The summed E-state index contributed by atoms with van der Waals surface area (Å²) < 4.78 is 42.8. The lowest BCUT2D eigenvalue weighted by molar-refractivity contribution is -0.150. The number of hydrogen-bond acceptors (Lipinski definition) is 4. The van der Waals surface area contributed by atoms with Crippen LogP contribution < -0.4 is 5.73 Å². The molecule has 7 heteroatoms. The van der Waals surface area contributed by atoms with E-state index in [2.05, 4.69) is 0 Å². The molecule has 118 valence electrons. The maximum Gasteiger partial charge on any atom is 0.416 e. The van der Waals surface area contributed by atoms with Crippen molar-refractivity contribution in [3.05, 3.63) is 29.3 Å². The van der Waals surface area contributed by atoms with Gasteiger partial charge in [-0.05, 0) is 38.0 Å². The van der Waals surface area contributed by atoms with Crippen molar-refractivity contribution in [1.82, 2.24) is 0 Å². The van der Waals surface area contributed by atoms with Gasteiger partial charge >= 0.3 is 12.1 Å². The van der Waals surface area contributed by atoms with Crippen molar-refractivity contribution in [2.75, 3.05) is 18.9 Å². The molecule has 0 fully saturated rings. The van der Waals surface area contributed by atoms with E-state index in [1.54, 1.807) is 6.92 Å². The molecule has 1 atom stereocenters. The third kappa shape index (κ3) is 3.66. The van der Waals surface area contributed by atoms with E-state index >= 15 is 0 Å². The molecule has 0 aromatic heterocycles. The number of aliphatic hydroxyl groups excluding tert-OH is 1. The molecule has 1 aromatic rings. The molecule has 0 radical (unpaired) electrons. The predicted octanol–water partition coefficient (Wildman–Crippen LogP) is 2.49. The first-order chi connectivity index (χ1) is 9.66. The number of ether oxygens (including phenoxy) is 1. The number of nitrogens with two attached hydrogens (primary N) is 1. The monoisotopic (exact) mass is 305 g/mol. The van der Waals surface area contributed by atoms with Gasteiger partial charge in [-0.2, -0.15) is 13.2 Å². The quantitative estimate of drug-likeness (QED) is 0.647. The maximum absolute atomic E-state index is 12.6. The van der Waals surface area contributed by atoms with E-state index in [-0.39, 0.29) is 30.9 Å². The third-order valence-corrected chi connectivity index (χ3v) is 3.31. The van der Waals surface area contributed by atoms with Crippen LogP contribution >= 0.6 is 0 Å². The smallest absolute Gasteiger partial charge is 0.416 e. The van der Waals surface area contributed by atoms with Crippen LogP contribution in [0.2, 0.25) is 0 Å². The first-order valence-electron chi connectivity index (χ1n) is 6.42. The van der Waals surface area contributed by atoms with Crippen LogP contribution in [0.15, 0.2) is 18.2 Å². The normalized spacial score (nSPS) is 14.6. The highest BCUT2D eigenvalue weighted by Gasteiger charge is 2.39. The van der Waals surface area contributed by atoms with E-state index in [9.17, 15) is 18.0 Å². The number of carbonyl (C=O) groups excluding carboxylic acids is 1. The topological polar surface area (TPSA) is 72.5 Å². The molecule has 0 saturated heterocycles. The van der Waals surface area contributed by atoms with Crippen LogP contribution in [-0.2, 0) is 21.1 Å². The number of rotatable bonds is 5. The molecule has 0 spiro atoms. The minimum atomic E-state index is -4.51. The second-order valence-corrected chi connectivity index (χ2v) is 4.83. The first-order valence-corrected chi connectivity index (χ1v) is 6.42. The highest BCUT2D eigenvalue weighted by Crippen LogP contribution is 2.37. The summed E-state index contributed by atoms with van der Waals surface area (Å²) in [7, 11) is 0. The molecule has 1 aromatic carbocycles.